The van der Waals surface area contributed by atoms with Gasteiger partial charge in [-0.3, -0.25) is 0 Å². The summed E-state index contributed by atoms with van der Waals surface area (Å²) in [5, 5.41) is 18.0. The molecule has 0 bridgehead atoms. The van der Waals surface area contributed by atoms with Gasteiger partial charge in [0.2, 0.25) is 0 Å². The average Bonchev–Trinajstić information content (AvgIpc) is 2.92. The summed E-state index contributed by atoms with van der Waals surface area (Å²) in [5.41, 5.74) is 3.85. The maximum absolute atomic E-state index is 9.47. The third-order valence-electron chi connectivity index (χ3n) is 4.37. The van der Waals surface area contributed by atoms with Crippen LogP contribution in [0.2, 0.25) is 0 Å². The van der Waals surface area contributed by atoms with E-state index in [9.17, 15) is 5.11 Å². The van der Waals surface area contributed by atoms with Gasteiger partial charge >= 0.3 is 29.6 Å². The molecule has 36 heavy (non-hydrogen) atoms. The first-order valence-electron chi connectivity index (χ1n) is 11.0. The summed E-state index contributed by atoms with van der Waals surface area (Å²) in [6.45, 7) is 0.367. The molecule has 0 aliphatic carbocycles. The Morgan fingerprint density at radius 2 is 1.17 bits per heavy atom. The van der Waals surface area contributed by atoms with E-state index in [0.29, 0.717) is 16.9 Å². The first-order valence-corrected chi connectivity index (χ1v) is 14.9. The molecule has 0 aliphatic heterocycles. The molecule has 194 valence electrons. The van der Waals surface area contributed by atoms with E-state index in [1.165, 1.54) is 16.7 Å². The fraction of sp³-hybridized carbons (Fsp3) is 0.333. The van der Waals surface area contributed by atoms with E-state index in [0.717, 1.165) is 17.3 Å². The van der Waals surface area contributed by atoms with Crippen LogP contribution < -0.4 is 29.6 Å². The van der Waals surface area contributed by atoms with E-state index in [1.54, 1.807) is 0 Å². The molecule has 3 nitrogen and oxygen atoms in total. The maximum Gasteiger partial charge on any atom is 1.00 e. The number of thioether (sulfide) groups is 2. The van der Waals surface area contributed by atoms with Gasteiger partial charge in [0.1, 0.15) is 0 Å². The maximum atomic E-state index is 9.47. The van der Waals surface area contributed by atoms with E-state index in [-0.39, 0.29) is 53.5 Å². The predicted molar refractivity (Wildman–Crippen MR) is 163 cm³/mol. The molecule has 0 fully saturated rings. The summed E-state index contributed by atoms with van der Waals surface area (Å²) in [6.07, 6.45) is 0. The van der Waals surface area contributed by atoms with Gasteiger partial charge in [0, 0.05) is 39.4 Å². The Kier molecular flexibility index (Phi) is 28.6. The molecule has 2 unspecified atom stereocenters. The zero-order valence-corrected chi connectivity index (χ0v) is 26.9. The number of thiol groups is 2. The molecular weight excluding hydrogens is 559 g/mol. The number of hydrogen-bond donors (Lipinski definition) is 4. The van der Waals surface area contributed by atoms with Crippen molar-refractivity contribution in [2.24, 2.45) is 0 Å². The molecule has 3 N–H and O–H groups in total. The van der Waals surface area contributed by atoms with E-state index in [4.69, 9.17) is 16.7 Å². The van der Waals surface area contributed by atoms with Gasteiger partial charge in [-0.2, -0.15) is 48.8 Å². The van der Waals surface area contributed by atoms with Crippen LogP contribution in [-0.4, -0.2) is 50.9 Å². The fourth-order valence-electron chi connectivity index (χ4n) is 2.45. The van der Waals surface area contributed by atoms with E-state index >= 15 is 0 Å². The number of aliphatic hydroxyl groups excluding tert-OH is 2. The Labute approximate surface area is 263 Å². The second-order valence-corrected chi connectivity index (χ2v) is 10.9. The van der Waals surface area contributed by atoms with Crippen molar-refractivity contribution in [3.8, 4) is 0 Å². The third-order valence-corrected chi connectivity index (χ3v) is 8.42. The van der Waals surface area contributed by atoms with E-state index < -0.39 is 0 Å². The van der Waals surface area contributed by atoms with Gasteiger partial charge in [0.15, 0.2) is 0 Å². The SMILES string of the molecule is ClCc1ccccc1.OCC(CSCc1ccccc1)SCc1ccccc1.OCC(S)CS.[Na+].[OH-]. The predicted octanol–water partition coefficient (Wildman–Crippen LogP) is 3.67. The van der Waals surface area contributed by atoms with Crippen molar-refractivity contribution in [1.29, 1.82) is 0 Å². The molecule has 0 spiro atoms. The van der Waals surface area contributed by atoms with Crippen LogP contribution >= 0.6 is 60.4 Å². The molecule has 9 heteroatoms. The minimum absolute atomic E-state index is 0. The monoisotopic (exact) mass is 594 g/mol. The Morgan fingerprint density at radius 1 is 0.722 bits per heavy atom. The van der Waals surface area contributed by atoms with Gasteiger partial charge in [-0.15, -0.1) is 11.6 Å². The van der Waals surface area contributed by atoms with Crippen LogP contribution in [0, 0.1) is 0 Å². The zero-order chi connectivity index (χ0) is 24.9. The van der Waals surface area contributed by atoms with Crippen molar-refractivity contribution < 1.29 is 45.2 Å². The molecule has 0 aromatic heterocycles. The van der Waals surface area contributed by atoms with Crippen molar-refractivity contribution in [2.45, 2.75) is 27.9 Å². The van der Waals surface area contributed by atoms with Crippen LogP contribution in [-0.2, 0) is 17.4 Å². The van der Waals surface area contributed by atoms with Crippen LogP contribution in [0.4, 0.5) is 0 Å². The molecule has 2 atom stereocenters. The van der Waals surface area contributed by atoms with Crippen LogP contribution in [0.25, 0.3) is 0 Å². The van der Waals surface area contributed by atoms with Gasteiger partial charge in [0.25, 0.3) is 0 Å². The van der Waals surface area contributed by atoms with E-state index in [1.807, 2.05) is 66.0 Å². The molecule has 0 radical (unpaired) electrons. The summed E-state index contributed by atoms with van der Waals surface area (Å²) in [4.78, 5) is 0. The minimum atomic E-state index is 0. The third kappa shape index (κ3) is 20.2. The minimum Gasteiger partial charge on any atom is -0.870 e. The summed E-state index contributed by atoms with van der Waals surface area (Å²) >= 11 is 17.0. The number of alkyl halides is 1. The molecule has 0 heterocycles. The number of aliphatic hydroxyl groups is 2. The van der Waals surface area contributed by atoms with Gasteiger partial charge in [-0.05, 0) is 16.7 Å². The van der Waals surface area contributed by atoms with Crippen LogP contribution in [0.5, 0.6) is 0 Å². The topological polar surface area (TPSA) is 70.5 Å². The summed E-state index contributed by atoms with van der Waals surface area (Å²) in [5.74, 6) is 4.23. The molecule has 0 saturated carbocycles. The first kappa shape index (κ1) is 38.4. The Balaban J connectivity index is 0. The smallest absolute Gasteiger partial charge is 0.870 e. The van der Waals surface area contributed by atoms with Gasteiger partial charge in [-0.25, -0.2) is 0 Å². The van der Waals surface area contributed by atoms with Crippen LogP contribution in [0.1, 0.15) is 16.7 Å². The van der Waals surface area contributed by atoms with Crippen LogP contribution in [0.3, 0.4) is 0 Å². The molecule has 0 amide bonds. The van der Waals surface area contributed by atoms with Gasteiger partial charge in [0.05, 0.1) is 13.2 Å². The second-order valence-electron chi connectivity index (χ2n) is 7.24. The Hall–Kier alpha value is 0.230. The molecule has 0 saturated heterocycles. The number of benzene rings is 3. The summed E-state index contributed by atoms with van der Waals surface area (Å²) in [7, 11) is 0. The largest absolute Gasteiger partial charge is 1.00 e. The summed E-state index contributed by atoms with van der Waals surface area (Å²) in [6, 6.07) is 30.9. The number of halogens is 1. The van der Waals surface area contributed by atoms with Crippen molar-refractivity contribution in [3.63, 3.8) is 0 Å². The summed E-state index contributed by atoms with van der Waals surface area (Å²) < 4.78 is 0. The van der Waals surface area contributed by atoms with Crippen molar-refractivity contribution in [2.75, 3.05) is 24.7 Å². The number of hydrogen-bond acceptors (Lipinski definition) is 7. The first-order chi connectivity index (χ1) is 16.6. The Bertz CT molecular complexity index is 832. The number of rotatable bonds is 11. The van der Waals surface area contributed by atoms with Crippen molar-refractivity contribution >= 4 is 60.4 Å². The van der Waals surface area contributed by atoms with Gasteiger partial charge < -0.3 is 15.7 Å². The van der Waals surface area contributed by atoms with Gasteiger partial charge in [-0.1, -0.05) is 91.0 Å². The quantitative estimate of drug-likeness (QED) is 0.155. The second kappa shape index (κ2) is 26.8. The standard InChI is InChI=1S/C17H20OS2.C7H7Cl.C3H8OS2.Na.H2O/c18-11-17(20-13-16-9-5-2-6-10-16)14-19-12-15-7-3-1-4-8-15;8-6-7-4-2-1-3-5-7;4-1-3(6)2-5;;/h1-10,17-18H,11-14H2;1-5H,6H2;3-6H,1-2H2;;1H2/q;;;+1;/p-1. The molecule has 3 rings (SSSR count). The molecule has 3 aromatic carbocycles. The normalized spacial score (nSPS) is 11.2. The average molecular weight is 595 g/mol. The fourth-order valence-corrected chi connectivity index (χ4v) is 5.06. The van der Waals surface area contributed by atoms with E-state index in [2.05, 4.69) is 73.8 Å². The van der Waals surface area contributed by atoms with Crippen molar-refractivity contribution in [3.05, 3.63) is 108 Å². The van der Waals surface area contributed by atoms with Crippen LogP contribution in [0.15, 0.2) is 91.0 Å². The molecule has 0 aliphatic rings. The Morgan fingerprint density at radius 3 is 1.50 bits per heavy atom. The molecule has 3 aromatic rings. The van der Waals surface area contributed by atoms with Crippen molar-refractivity contribution in [1.82, 2.24) is 0 Å². The zero-order valence-electron chi connectivity index (χ0n) is 20.7. The molecular formula is C27H36ClNaO3S4.